The molecule has 130 valence electrons. The van der Waals surface area contributed by atoms with E-state index in [1.54, 1.807) is 12.5 Å². The summed E-state index contributed by atoms with van der Waals surface area (Å²) in [5.41, 5.74) is 1.27. The van der Waals surface area contributed by atoms with Crippen molar-refractivity contribution in [3.8, 4) is 5.69 Å². The SMILES string of the molecule is CN1CCC[C@@]2(CCN(C(=O)c3ccc(-n4ccnc4)cc3)C2)C1=O. The van der Waals surface area contributed by atoms with Crippen LogP contribution in [0.1, 0.15) is 29.6 Å². The van der Waals surface area contributed by atoms with Gasteiger partial charge < -0.3 is 14.4 Å². The molecule has 2 aromatic rings. The third-order valence-electron chi connectivity index (χ3n) is 5.51. The van der Waals surface area contributed by atoms with Crippen LogP contribution in [0.3, 0.4) is 0 Å². The van der Waals surface area contributed by atoms with Gasteiger partial charge in [0.2, 0.25) is 5.91 Å². The minimum Gasteiger partial charge on any atom is -0.345 e. The number of hydrogen-bond acceptors (Lipinski definition) is 3. The molecule has 2 aliphatic heterocycles. The molecule has 0 bridgehead atoms. The Morgan fingerprint density at radius 3 is 2.68 bits per heavy atom. The number of benzene rings is 1. The first-order valence-electron chi connectivity index (χ1n) is 8.72. The van der Waals surface area contributed by atoms with E-state index in [-0.39, 0.29) is 17.2 Å². The highest BCUT2D eigenvalue weighted by Gasteiger charge is 2.48. The Hall–Kier alpha value is -2.63. The summed E-state index contributed by atoms with van der Waals surface area (Å²) in [7, 11) is 1.86. The van der Waals surface area contributed by atoms with Gasteiger partial charge in [-0.1, -0.05) is 0 Å². The first-order chi connectivity index (χ1) is 12.1. The fraction of sp³-hybridized carbons (Fsp3) is 0.421. The molecule has 2 amide bonds. The van der Waals surface area contributed by atoms with Gasteiger partial charge in [0.25, 0.3) is 5.91 Å². The van der Waals surface area contributed by atoms with E-state index in [4.69, 9.17) is 0 Å². The molecule has 1 aromatic heterocycles. The first kappa shape index (κ1) is 15.9. The van der Waals surface area contributed by atoms with Crippen molar-refractivity contribution in [3.63, 3.8) is 0 Å². The molecule has 25 heavy (non-hydrogen) atoms. The molecule has 3 heterocycles. The lowest BCUT2D eigenvalue weighted by molar-refractivity contribution is -0.143. The molecular weight excluding hydrogens is 316 g/mol. The smallest absolute Gasteiger partial charge is 0.253 e. The standard InChI is InChI=1S/C19H22N4O2/c1-21-10-2-7-19(18(21)25)8-11-22(13-19)17(24)15-3-5-16(6-4-15)23-12-9-20-14-23/h3-6,9,12,14H,2,7-8,10-11,13H2,1H3/t19-/m0/s1. The van der Waals surface area contributed by atoms with E-state index in [0.29, 0.717) is 18.7 Å². The van der Waals surface area contributed by atoms with Crippen LogP contribution in [0.15, 0.2) is 43.0 Å². The van der Waals surface area contributed by atoms with Gasteiger partial charge in [0.05, 0.1) is 11.7 Å². The predicted octanol–water partition coefficient (Wildman–Crippen LogP) is 1.96. The summed E-state index contributed by atoms with van der Waals surface area (Å²) >= 11 is 0. The minimum atomic E-state index is -0.362. The summed E-state index contributed by atoms with van der Waals surface area (Å²) in [5.74, 6) is 0.208. The molecule has 6 nitrogen and oxygen atoms in total. The molecule has 2 fully saturated rings. The maximum absolute atomic E-state index is 12.8. The van der Waals surface area contributed by atoms with Gasteiger partial charge in [-0.3, -0.25) is 9.59 Å². The van der Waals surface area contributed by atoms with E-state index >= 15 is 0 Å². The lowest BCUT2D eigenvalue weighted by atomic mass is 9.78. The van der Waals surface area contributed by atoms with Gasteiger partial charge in [0.15, 0.2) is 0 Å². The zero-order valence-electron chi connectivity index (χ0n) is 14.4. The van der Waals surface area contributed by atoms with Crippen molar-refractivity contribution in [2.75, 3.05) is 26.7 Å². The molecule has 1 spiro atoms. The Morgan fingerprint density at radius 2 is 1.96 bits per heavy atom. The van der Waals surface area contributed by atoms with Crippen LogP contribution in [0, 0.1) is 5.41 Å². The molecule has 6 heteroatoms. The number of likely N-dealkylation sites (tertiary alicyclic amines) is 2. The van der Waals surface area contributed by atoms with Crippen molar-refractivity contribution >= 4 is 11.8 Å². The van der Waals surface area contributed by atoms with Crippen LogP contribution in [-0.2, 0) is 4.79 Å². The van der Waals surface area contributed by atoms with E-state index in [9.17, 15) is 9.59 Å². The van der Waals surface area contributed by atoms with Crippen molar-refractivity contribution in [2.24, 2.45) is 5.41 Å². The summed E-state index contributed by atoms with van der Waals surface area (Å²) in [6, 6.07) is 7.52. The van der Waals surface area contributed by atoms with Crippen LogP contribution in [-0.4, -0.2) is 57.8 Å². The first-order valence-corrected chi connectivity index (χ1v) is 8.72. The number of amides is 2. The third-order valence-corrected chi connectivity index (χ3v) is 5.51. The molecule has 0 radical (unpaired) electrons. The molecule has 2 saturated heterocycles. The average Bonchev–Trinajstić information content (AvgIpc) is 3.30. The molecule has 0 unspecified atom stereocenters. The maximum atomic E-state index is 12.8. The second kappa shape index (κ2) is 6.02. The van der Waals surface area contributed by atoms with Gasteiger partial charge in [0.1, 0.15) is 0 Å². The highest BCUT2D eigenvalue weighted by atomic mass is 16.2. The van der Waals surface area contributed by atoms with Gasteiger partial charge in [-0.25, -0.2) is 4.98 Å². The Morgan fingerprint density at radius 1 is 1.16 bits per heavy atom. The van der Waals surface area contributed by atoms with Crippen LogP contribution in [0.25, 0.3) is 5.69 Å². The second-order valence-electron chi connectivity index (χ2n) is 7.10. The molecule has 0 saturated carbocycles. The van der Waals surface area contributed by atoms with Gasteiger partial charge in [-0.15, -0.1) is 0 Å². The Kier molecular flexibility index (Phi) is 3.82. The van der Waals surface area contributed by atoms with Crippen LogP contribution in [0.2, 0.25) is 0 Å². The Balaban J connectivity index is 1.49. The molecule has 1 atom stereocenters. The number of nitrogens with zero attached hydrogens (tertiary/aromatic N) is 4. The van der Waals surface area contributed by atoms with Crippen molar-refractivity contribution in [1.29, 1.82) is 0 Å². The van der Waals surface area contributed by atoms with Crippen LogP contribution < -0.4 is 0 Å². The zero-order chi connectivity index (χ0) is 17.4. The van der Waals surface area contributed by atoms with E-state index in [0.717, 1.165) is 31.5 Å². The van der Waals surface area contributed by atoms with Gasteiger partial charge in [0, 0.05) is 50.3 Å². The maximum Gasteiger partial charge on any atom is 0.253 e. The lowest BCUT2D eigenvalue weighted by Crippen LogP contribution is -2.48. The number of imidazole rings is 1. The lowest BCUT2D eigenvalue weighted by Gasteiger charge is -2.37. The normalized spacial score (nSPS) is 23.5. The van der Waals surface area contributed by atoms with Crippen LogP contribution in [0.5, 0.6) is 0 Å². The second-order valence-corrected chi connectivity index (χ2v) is 7.10. The fourth-order valence-electron chi connectivity index (χ4n) is 4.06. The molecular formula is C19H22N4O2. The topological polar surface area (TPSA) is 58.4 Å². The van der Waals surface area contributed by atoms with Crippen molar-refractivity contribution in [1.82, 2.24) is 19.4 Å². The minimum absolute atomic E-state index is 0.00934. The summed E-state index contributed by atoms with van der Waals surface area (Å²) in [6.07, 6.45) is 8.00. The number of carbonyl (C=O) groups excluding carboxylic acids is 2. The molecule has 4 rings (SSSR count). The Labute approximate surface area is 147 Å². The summed E-state index contributed by atoms with van der Waals surface area (Å²) in [4.78, 5) is 33.1. The number of rotatable bonds is 2. The summed E-state index contributed by atoms with van der Waals surface area (Å²) in [5, 5.41) is 0. The Bertz CT molecular complexity index is 784. The zero-order valence-corrected chi connectivity index (χ0v) is 14.4. The third kappa shape index (κ3) is 2.71. The molecule has 1 aromatic carbocycles. The fourth-order valence-corrected chi connectivity index (χ4v) is 4.06. The van der Waals surface area contributed by atoms with E-state index in [2.05, 4.69) is 4.98 Å². The summed E-state index contributed by atoms with van der Waals surface area (Å²) < 4.78 is 1.90. The predicted molar refractivity (Wildman–Crippen MR) is 93.4 cm³/mol. The van der Waals surface area contributed by atoms with Crippen molar-refractivity contribution < 1.29 is 9.59 Å². The number of carbonyl (C=O) groups is 2. The average molecular weight is 338 g/mol. The van der Waals surface area contributed by atoms with Crippen molar-refractivity contribution in [3.05, 3.63) is 48.5 Å². The van der Waals surface area contributed by atoms with E-state index in [1.807, 2.05) is 51.9 Å². The quantitative estimate of drug-likeness (QED) is 0.841. The molecule has 2 aliphatic rings. The van der Waals surface area contributed by atoms with E-state index in [1.165, 1.54) is 0 Å². The summed E-state index contributed by atoms with van der Waals surface area (Å²) in [6.45, 7) is 2.02. The largest absolute Gasteiger partial charge is 0.345 e. The van der Waals surface area contributed by atoms with E-state index < -0.39 is 0 Å². The highest BCUT2D eigenvalue weighted by Crippen LogP contribution is 2.40. The van der Waals surface area contributed by atoms with Gasteiger partial charge >= 0.3 is 0 Å². The highest BCUT2D eigenvalue weighted by molar-refractivity contribution is 5.95. The monoisotopic (exact) mass is 338 g/mol. The number of hydrogen-bond donors (Lipinski definition) is 0. The number of piperidine rings is 1. The van der Waals surface area contributed by atoms with Crippen molar-refractivity contribution in [2.45, 2.75) is 19.3 Å². The molecule has 0 aliphatic carbocycles. The number of aromatic nitrogens is 2. The van der Waals surface area contributed by atoms with Gasteiger partial charge in [-0.05, 0) is 43.5 Å². The van der Waals surface area contributed by atoms with Gasteiger partial charge in [-0.2, -0.15) is 0 Å². The van der Waals surface area contributed by atoms with Crippen LogP contribution >= 0.6 is 0 Å². The van der Waals surface area contributed by atoms with Crippen LogP contribution in [0.4, 0.5) is 0 Å². The molecule has 0 N–H and O–H groups in total.